The average molecular weight is 214 g/mol. The first-order valence-corrected chi connectivity index (χ1v) is 5.66. The molecule has 0 radical (unpaired) electrons. The van der Waals surface area contributed by atoms with Gasteiger partial charge < -0.3 is 10.0 Å². The molecular formula is C11H22N2O2. The summed E-state index contributed by atoms with van der Waals surface area (Å²) in [6, 6.07) is 0.243. The van der Waals surface area contributed by atoms with Crippen molar-refractivity contribution < 1.29 is 9.90 Å². The molecule has 15 heavy (non-hydrogen) atoms. The fourth-order valence-electron chi connectivity index (χ4n) is 1.77. The van der Waals surface area contributed by atoms with Crippen LogP contribution in [-0.2, 0) is 4.79 Å². The van der Waals surface area contributed by atoms with Crippen molar-refractivity contribution in [1.29, 1.82) is 0 Å². The fourth-order valence-corrected chi connectivity index (χ4v) is 1.77. The van der Waals surface area contributed by atoms with Crippen molar-refractivity contribution in [2.24, 2.45) is 0 Å². The highest BCUT2D eigenvalue weighted by Crippen LogP contribution is 2.09. The monoisotopic (exact) mass is 214 g/mol. The first-order chi connectivity index (χ1) is 7.00. The second-order valence-corrected chi connectivity index (χ2v) is 4.63. The summed E-state index contributed by atoms with van der Waals surface area (Å²) in [5.74, 6) is 0.138. The second-order valence-electron chi connectivity index (χ2n) is 4.63. The van der Waals surface area contributed by atoms with Crippen molar-refractivity contribution in [1.82, 2.24) is 9.80 Å². The number of carbonyl (C=O) groups is 1. The van der Waals surface area contributed by atoms with E-state index in [0.29, 0.717) is 13.1 Å². The van der Waals surface area contributed by atoms with Crippen LogP contribution in [-0.4, -0.2) is 59.6 Å². The van der Waals surface area contributed by atoms with E-state index in [1.165, 1.54) is 0 Å². The summed E-state index contributed by atoms with van der Waals surface area (Å²) in [5.41, 5.74) is 0. The van der Waals surface area contributed by atoms with E-state index in [2.05, 4.69) is 0 Å². The number of hydrogen-bond acceptors (Lipinski definition) is 3. The smallest absolute Gasteiger partial charge is 0.236 e. The van der Waals surface area contributed by atoms with E-state index in [9.17, 15) is 9.90 Å². The minimum absolute atomic E-state index is 0.138. The summed E-state index contributed by atoms with van der Waals surface area (Å²) >= 11 is 0. The first kappa shape index (κ1) is 12.5. The predicted molar refractivity (Wildman–Crippen MR) is 59.6 cm³/mol. The summed E-state index contributed by atoms with van der Waals surface area (Å²) in [5, 5.41) is 9.47. The van der Waals surface area contributed by atoms with E-state index >= 15 is 0 Å². The summed E-state index contributed by atoms with van der Waals surface area (Å²) < 4.78 is 0. The van der Waals surface area contributed by atoms with Crippen LogP contribution in [0.3, 0.4) is 0 Å². The Hall–Kier alpha value is -0.610. The van der Waals surface area contributed by atoms with Gasteiger partial charge in [-0.1, -0.05) is 0 Å². The maximum atomic E-state index is 11.8. The molecule has 1 N–H and O–H groups in total. The summed E-state index contributed by atoms with van der Waals surface area (Å²) in [7, 11) is 1.83. The molecule has 0 aromatic carbocycles. The number of β-amino-alcohol motifs (C(OH)–C–C–N with tert-alkyl or cyclic N) is 1. The lowest BCUT2D eigenvalue weighted by atomic mass is 10.1. The third-order valence-electron chi connectivity index (χ3n) is 3.01. The van der Waals surface area contributed by atoms with Crippen LogP contribution in [0.4, 0.5) is 0 Å². The zero-order valence-corrected chi connectivity index (χ0v) is 9.94. The number of nitrogens with zero attached hydrogens (tertiary/aromatic N) is 2. The number of aliphatic hydroxyl groups is 1. The summed E-state index contributed by atoms with van der Waals surface area (Å²) in [6.45, 7) is 6.00. The Morgan fingerprint density at radius 2 is 2.27 bits per heavy atom. The van der Waals surface area contributed by atoms with Gasteiger partial charge in [-0.15, -0.1) is 0 Å². The molecule has 0 saturated carbocycles. The average Bonchev–Trinajstić information content (AvgIpc) is 2.16. The van der Waals surface area contributed by atoms with Crippen LogP contribution in [0.2, 0.25) is 0 Å². The van der Waals surface area contributed by atoms with Crippen molar-refractivity contribution in [2.75, 3.05) is 26.7 Å². The van der Waals surface area contributed by atoms with Gasteiger partial charge in [0.2, 0.25) is 5.91 Å². The van der Waals surface area contributed by atoms with Gasteiger partial charge in [0.1, 0.15) is 0 Å². The molecule has 1 fully saturated rings. The van der Waals surface area contributed by atoms with Gasteiger partial charge >= 0.3 is 0 Å². The van der Waals surface area contributed by atoms with E-state index in [1.54, 1.807) is 4.90 Å². The van der Waals surface area contributed by atoms with E-state index < -0.39 is 0 Å². The molecule has 1 aliphatic rings. The van der Waals surface area contributed by atoms with Gasteiger partial charge in [0.25, 0.3) is 0 Å². The zero-order valence-electron chi connectivity index (χ0n) is 9.94. The molecular weight excluding hydrogens is 192 g/mol. The van der Waals surface area contributed by atoms with Crippen LogP contribution >= 0.6 is 0 Å². The number of piperidine rings is 1. The molecule has 88 valence electrons. The highest BCUT2D eigenvalue weighted by atomic mass is 16.3. The van der Waals surface area contributed by atoms with Crippen molar-refractivity contribution in [3.05, 3.63) is 0 Å². The zero-order chi connectivity index (χ0) is 11.4. The fraction of sp³-hybridized carbons (Fsp3) is 0.909. The maximum Gasteiger partial charge on any atom is 0.236 e. The molecule has 1 atom stereocenters. The Morgan fingerprint density at radius 1 is 1.60 bits per heavy atom. The van der Waals surface area contributed by atoms with Gasteiger partial charge in [-0.05, 0) is 33.2 Å². The van der Waals surface area contributed by atoms with Crippen molar-refractivity contribution >= 4 is 5.91 Å². The van der Waals surface area contributed by atoms with E-state index in [0.717, 1.165) is 19.4 Å². The van der Waals surface area contributed by atoms with Gasteiger partial charge in [0, 0.05) is 19.6 Å². The van der Waals surface area contributed by atoms with Crippen LogP contribution in [0.15, 0.2) is 0 Å². The second kappa shape index (κ2) is 5.47. The van der Waals surface area contributed by atoms with Crippen molar-refractivity contribution in [3.8, 4) is 0 Å². The molecule has 1 aliphatic heterocycles. The van der Waals surface area contributed by atoms with E-state index in [1.807, 2.05) is 25.8 Å². The minimum atomic E-state index is -0.254. The lowest BCUT2D eigenvalue weighted by molar-refractivity contribution is -0.133. The number of carbonyl (C=O) groups excluding carboxylic acids is 1. The number of likely N-dealkylation sites (N-methyl/N-ethyl adjacent to an activating group) is 1. The molecule has 1 saturated heterocycles. The van der Waals surface area contributed by atoms with Gasteiger partial charge in [0.05, 0.1) is 12.6 Å². The lowest BCUT2D eigenvalue weighted by Crippen LogP contribution is -2.46. The van der Waals surface area contributed by atoms with Gasteiger partial charge in [0.15, 0.2) is 0 Å². The number of amides is 1. The largest absolute Gasteiger partial charge is 0.392 e. The summed E-state index contributed by atoms with van der Waals surface area (Å²) in [4.78, 5) is 15.6. The Labute approximate surface area is 91.9 Å². The summed E-state index contributed by atoms with van der Waals surface area (Å²) in [6.07, 6.45) is 1.60. The molecule has 0 aromatic rings. The Morgan fingerprint density at radius 3 is 2.80 bits per heavy atom. The molecule has 4 heteroatoms. The topological polar surface area (TPSA) is 43.8 Å². The number of rotatable bonds is 3. The Balaban J connectivity index is 2.37. The normalized spacial score (nSPS) is 23.1. The SMILES string of the molecule is CC(C)N(C)C(=O)CN1CCC[C@H](O)C1. The first-order valence-electron chi connectivity index (χ1n) is 5.66. The standard InChI is InChI=1S/C11H22N2O2/c1-9(2)12(3)11(15)8-13-6-4-5-10(14)7-13/h9-10,14H,4-8H2,1-3H3/t10-/m0/s1. The van der Waals surface area contributed by atoms with Gasteiger partial charge in [-0.25, -0.2) is 0 Å². The quantitative estimate of drug-likeness (QED) is 0.735. The molecule has 1 amide bonds. The molecule has 4 nitrogen and oxygen atoms in total. The molecule has 1 heterocycles. The molecule has 0 aromatic heterocycles. The predicted octanol–water partition coefficient (Wildman–Crippen LogP) is 0.310. The van der Waals surface area contributed by atoms with E-state index in [-0.39, 0.29) is 18.1 Å². The molecule has 0 aliphatic carbocycles. The minimum Gasteiger partial charge on any atom is -0.392 e. The number of aliphatic hydroxyl groups excluding tert-OH is 1. The van der Waals surface area contributed by atoms with Crippen molar-refractivity contribution in [2.45, 2.75) is 38.8 Å². The van der Waals surface area contributed by atoms with Crippen LogP contribution in [0.1, 0.15) is 26.7 Å². The third-order valence-corrected chi connectivity index (χ3v) is 3.01. The maximum absolute atomic E-state index is 11.8. The number of hydrogen-bond donors (Lipinski definition) is 1. The van der Waals surface area contributed by atoms with Crippen LogP contribution in [0.5, 0.6) is 0 Å². The Kier molecular flexibility index (Phi) is 4.54. The lowest BCUT2D eigenvalue weighted by Gasteiger charge is -2.31. The molecule has 1 rings (SSSR count). The van der Waals surface area contributed by atoms with Crippen LogP contribution in [0, 0.1) is 0 Å². The third kappa shape index (κ3) is 3.80. The molecule has 0 spiro atoms. The highest BCUT2D eigenvalue weighted by molar-refractivity contribution is 5.78. The van der Waals surface area contributed by atoms with Gasteiger partial charge in [-0.3, -0.25) is 9.69 Å². The van der Waals surface area contributed by atoms with E-state index in [4.69, 9.17) is 0 Å². The highest BCUT2D eigenvalue weighted by Gasteiger charge is 2.21. The molecule has 0 unspecified atom stereocenters. The molecule has 0 bridgehead atoms. The van der Waals surface area contributed by atoms with Crippen LogP contribution in [0.25, 0.3) is 0 Å². The number of likely N-dealkylation sites (tertiary alicyclic amines) is 1. The Bertz CT molecular complexity index is 219. The van der Waals surface area contributed by atoms with Crippen molar-refractivity contribution in [3.63, 3.8) is 0 Å². The van der Waals surface area contributed by atoms with Gasteiger partial charge in [-0.2, -0.15) is 0 Å². The van der Waals surface area contributed by atoms with Crippen LogP contribution < -0.4 is 0 Å².